The van der Waals surface area contributed by atoms with Gasteiger partial charge in [-0.2, -0.15) is 0 Å². The van der Waals surface area contributed by atoms with Crippen LogP contribution in [0.15, 0.2) is 51.6 Å². The molecule has 0 radical (unpaired) electrons. The molecule has 0 aliphatic rings. The normalized spacial score (nSPS) is 10.8. The van der Waals surface area contributed by atoms with Gasteiger partial charge in [0.2, 0.25) is 6.39 Å². The first-order valence-electron chi connectivity index (χ1n) is 8.16. The molecule has 2 N–H and O–H groups in total. The Morgan fingerprint density at radius 2 is 1.93 bits per heavy atom. The Bertz CT molecular complexity index is 1220. The second-order valence-electron chi connectivity index (χ2n) is 5.81. The first kappa shape index (κ1) is 18.2. The number of methoxy groups -OCH3 is 1. The molecule has 1 amide bonds. The summed E-state index contributed by atoms with van der Waals surface area (Å²) in [5.41, 5.74) is 5.97. The molecule has 4 rings (SSSR count). The third-order valence-electron chi connectivity index (χ3n) is 4.10. The Balaban J connectivity index is 1.99. The minimum absolute atomic E-state index is 0.0657. The van der Waals surface area contributed by atoms with Crippen LogP contribution in [0.1, 0.15) is 10.4 Å². The Morgan fingerprint density at radius 1 is 1.17 bits per heavy atom. The SMILES string of the molecule is COc1cc2c(C(=O)OC(N)=O)c(-c3ccc(F)cc3)oc2cc1-c1nnco1. The highest BCUT2D eigenvalue weighted by atomic mass is 19.1. The van der Waals surface area contributed by atoms with Gasteiger partial charge in [-0.05, 0) is 36.4 Å². The highest BCUT2D eigenvalue weighted by Gasteiger charge is 2.27. The number of carbonyl (C=O) groups is 2. The molecule has 0 spiro atoms. The predicted molar refractivity (Wildman–Crippen MR) is 96.5 cm³/mol. The molecule has 10 heteroatoms. The lowest BCUT2D eigenvalue weighted by Crippen LogP contribution is -2.18. The third kappa shape index (κ3) is 3.27. The number of aromatic nitrogens is 2. The van der Waals surface area contributed by atoms with Gasteiger partial charge in [-0.25, -0.2) is 14.0 Å². The van der Waals surface area contributed by atoms with Gasteiger partial charge in [0.15, 0.2) is 0 Å². The molecule has 2 aromatic carbocycles. The van der Waals surface area contributed by atoms with E-state index >= 15 is 0 Å². The summed E-state index contributed by atoms with van der Waals surface area (Å²) < 4.78 is 34.3. The number of primary amides is 1. The maximum Gasteiger partial charge on any atom is 0.412 e. The number of ether oxygens (including phenoxy) is 2. The minimum Gasteiger partial charge on any atom is -0.496 e. The molecular formula is C19H12FN3O6. The zero-order valence-corrected chi connectivity index (χ0v) is 14.8. The summed E-state index contributed by atoms with van der Waals surface area (Å²) >= 11 is 0. The molecule has 0 saturated heterocycles. The number of nitrogens with two attached hydrogens (primary N) is 1. The molecule has 2 aromatic heterocycles. The van der Waals surface area contributed by atoms with Gasteiger partial charge in [-0.15, -0.1) is 10.2 Å². The lowest BCUT2D eigenvalue weighted by atomic mass is 10.0. The van der Waals surface area contributed by atoms with E-state index in [1.807, 2.05) is 0 Å². The van der Waals surface area contributed by atoms with Gasteiger partial charge in [0.05, 0.1) is 12.7 Å². The molecule has 0 fully saturated rings. The van der Waals surface area contributed by atoms with Crippen molar-refractivity contribution in [2.24, 2.45) is 5.73 Å². The Hall–Kier alpha value is -4.21. The second kappa shape index (κ2) is 7.08. The molecule has 0 bridgehead atoms. The van der Waals surface area contributed by atoms with Gasteiger partial charge in [-0.3, -0.25) is 0 Å². The Kier molecular flexibility index (Phi) is 4.43. The number of halogens is 1. The van der Waals surface area contributed by atoms with Crippen LogP contribution in [0.5, 0.6) is 5.75 Å². The van der Waals surface area contributed by atoms with Gasteiger partial charge in [0, 0.05) is 10.9 Å². The predicted octanol–water partition coefficient (Wildman–Crippen LogP) is 3.53. The van der Waals surface area contributed by atoms with E-state index in [2.05, 4.69) is 14.9 Å². The maximum atomic E-state index is 13.3. The number of amides is 1. The number of nitrogens with zero attached hydrogens (tertiary/aromatic N) is 2. The summed E-state index contributed by atoms with van der Waals surface area (Å²) in [4.78, 5) is 23.7. The number of benzene rings is 2. The van der Waals surface area contributed by atoms with E-state index in [0.29, 0.717) is 16.9 Å². The standard InChI is InChI=1S/C19H12FN3O6/c1-26-13-6-11-14(7-12(13)17-23-22-8-27-17)28-16(9-2-4-10(20)5-3-9)15(11)18(24)29-19(21)25/h2-8H,1H3,(H2,21,25). The summed E-state index contributed by atoms with van der Waals surface area (Å²) in [7, 11) is 1.42. The Morgan fingerprint density at radius 3 is 2.55 bits per heavy atom. The van der Waals surface area contributed by atoms with Gasteiger partial charge in [-0.1, -0.05) is 0 Å². The molecule has 146 valence electrons. The van der Waals surface area contributed by atoms with Crippen molar-refractivity contribution in [2.75, 3.05) is 7.11 Å². The number of carbonyl (C=O) groups excluding carboxylic acids is 2. The molecule has 2 heterocycles. The molecule has 4 aromatic rings. The summed E-state index contributed by atoms with van der Waals surface area (Å²) in [6.45, 7) is 0. The van der Waals surface area contributed by atoms with E-state index in [-0.39, 0.29) is 28.2 Å². The topological polar surface area (TPSA) is 131 Å². The second-order valence-corrected chi connectivity index (χ2v) is 5.81. The van der Waals surface area contributed by atoms with E-state index < -0.39 is 17.9 Å². The molecule has 0 aliphatic heterocycles. The first-order valence-corrected chi connectivity index (χ1v) is 8.16. The van der Waals surface area contributed by atoms with E-state index in [0.717, 1.165) is 6.39 Å². The van der Waals surface area contributed by atoms with E-state index in [1.165, 1.54) is 43.5 Å². The average molecular weight is 397 g/mol. The quantitative estimate of drug-likeness (QED) is 0.409. The molecule has 0 unspecified atom stereocenters. The number of rotatable bonds is 4. The summed E-state index contributed by atoms with van der Waals surface area (Å²) in [6.07, 6.45) is -0.121. The third-order valence-corrected chi connectivity index (χ3v) is 4.10. The summed E-state index contributed by atoms with van der Waals surface area (Å²) in [5.74, 6) is -0.948. The fourth-order valence-corrected chi connectivity index (χ4v) is 2.90. The lowest BCUT2D eigenvalue weighted by molar-refractivity contribution is 0.0640. The van der Waals surface area contributed by atoms with Gasteiger partial charge >= 0.3 is 12.1 Å². The molecule has 0 saturated carbocycles. The van der Waals surface area contributed by atoms with E-state index in [9.17, 15) is 14.0 Å². The lowest BCUT2D eigenvalue weighted by Gasteiger charge is -2.05. The van der Waals surface area contributed by atoms with E-state index in [1.54, 1.807) is 0 Å². The fraction of sp³-hybridized carbons (Fsp3) is 0.0526. The number of esters is 1. The van der Waals surface area contributed by atoms with Crippen LogP contribution in [0, 0.1) is 5.82 Å². The smallest absolute Gasteiger partial charge is 0.412 e. The largest absolute Gasteiger partial charge is 0.496 e. The van der Waals surface area contributed by atoms with Crippen molar-refractivity contribution in [3.8, 4) is 28.5 Å². The van der Waals surface area contributed by atoms with Crippen molar-refractivity contribution in [3.05, 3.63) is 54.2 Å². The van der Waals surface area contributed by atoms with Crippen molar-refractivity contribution >= 4 is 23.0 Å². The van der Waals surface area contributed by atoms with Crippen LogP contribution in [-0.2, 0) is 4.74 Å². The van der Waals surface area contributed by atoms with Crippen molar-refractivity contribution in [3.63, 3.8) is 0 Å². The minimum atomic E-state index is -1.27. The highest BCUT2D eigenvalue weighted by Crippen LogP contribution is 2.40. The van der Waals surface area contributed by atoms with Crippen LogP contribution >= 0.6 is 0 Å². The molecule has 0 aliphatic carbocycles. The molecule has 9 nitrogen and oxygen atoms in total. The highest BCUT2D eigenvalue weighted by molar-refractivity contribution is 6.12. The number of hydrogen-bond donors (Lipinski definition) is 1. The van der Waals surface area contributed by atoms with Crippen molar-refractivity contribution in [1.29, 1.82) is 0 Å². The van der Waals surface area contributed by atoms with Crippen molar-refractivity contribution < 1.29 is 32.3 Å². The molecule has 29 heavy (non-hydrogen) atoms. The van der Waals surface area contributed by atoms with Crippen LogP contribution in [0.2, 0.25) is 0 Å². The van der Waals surface area contributed by atoms with Crippen LogP contribution in [0.3, 0.4) is 0 Å². The Labute approximate surface area is 161 Å². The van der Waals surface area contributed by atoms with Crippen molar-refractivity contribution in [2.45, 2.75) is 0 Å². The zero-order chi connectivity index (χ0) is 20.5. The zero-order valence-electron chi connectivity index (χ0n) is 14.8. The van der Waals surface area contributed by atoms with Crippen LogP contribution in [0.25, 0.3) is 33.7 Å². The first-order chi connectivity index (χ1) is 14.0. The molecule has 0 atom stereocenters. The van der Waals surface area contributed by atoms with Crippen LogP contribution in [0.4, 0.5) is 9.18 Å². The monoisotopic (exact) mass is 397 g/mol. The number of fused-ring (bicyclic) bond motifs is 1. The van der Waals surface area contributed by atoms with Crippen molar-refractivity contribution in [1.82, 2.24) is 10.2 Å². The van der Waals surface area contributed by atoms with Gasteiger partial charge in [0.25, 0.3) is 5.89 Å². The van der Waals surface area contributed by atoms with E-state index in [4.69, 9.17) is 19.3 Å². The van der Waals surface area contributed by atoms with Gasteiger partial charge in [0.1, 0.15) is 28.5 Å². The summed E-state index contributed by atoms with van der Waals surface area (Å²) in [5, 5.41) is 7.76. The number of furan rings is 1. The maximum absolute atomic E-state index is 13.3. The van der Waals surface area contributed by atoms with Crippen LogP contribution in [-0.4, -0.2) is 29.4 Å². The van der Waals surface area contributed by atoms with Gasteiger partial charge < -0.3 is 24.0 Å². The average Bonchev–Trinajstić information content (AvgIpc) is 3.34. The molecular weight excluding hydrogens is 385 g/mol. The number of hydrogen-bond acceptors (Lipinski definition) is 8. The fourth-order valence-electron chi connectivity index (χ4n) is 2.90. The summed E-state index contributed by atoms with van der Waals surface area (Å²) in [6, 6.07) is 8.29. The van der Waals surface area contributed by atoms with Crippen LogP contribution < -0.4 is 10.5 Å².